The lowest BCUT2D eigenvalue weighted by Crippen LogP contribution is -2.21. The number of aliphatic hydroxyl groups excluding tert-OH is 2. The molecular weight excluding hydrogens is 268 g/mol. The summed E-state index contributed by atoms with van der Waals surface area (Å²) in [6.07, 6.45) is 5.77. The quantitative estimate of drug-likeness (QED) is 0.353. The normalized spacial score (nSPS) is 22.6. The van der Waals surface area contributed by atoms with Gasteiger partial charge in [0.15, 0.2) is 0 Å². The molecule has 0 unspecified atom stereocenters. The summed E-state index contributed by atoms with van der Waals surface area (Å²) in [6.45, 7) is 7.10. The molecule has 0 radical (unpaired) electrons. The van der Waals surface area contributed by atoms with E-state index in [0.29, 0.717) is 12.8 Å². The summed E-state index contributed by atoms with van der Waals surface area (Å²) >= 11 is 0. The molecule has 1 rings (SSSR count). The first-order valence-corrected chi connectivity index (χ1v) is 7.00. The molecule has 0 saturated heterocycles. The standard InChI is InChI=1S/C17H22O4/c1-4-5-6-7-13-10-14(18)11-15(13)16(19)8-9-17(20)21-12(2)3/h4,8-9,11-13,15-16,18-19H,1,5,10H2,2-3H3/b9-8+/t13-,15-,16-/m1/s1. The average molecular weight is 290 g/mol. The van der Waals surface area contributed by atoms with Gasteiger partial charge >= 0.3 is 5.97 Å². The van der Waals surface area contributed by atoms with Crippen molar-refractivity contribution in [3.8, 4) is 11.8 Å². The predicted octanol–water partition coefficient (Wildman–Crippen LogP) is 2.51. The van der Waals surface area contributed by atoms with Crippen LogP contribution < -0.4 is 0 Å². The van der Waals surface area contributed by atoms with E-state index in [1.165, 1.54) is 12.2 Å². The highest BCUT2D eigenvalue weighted by molar-refractivity contribution is 5.82. The third-order valence-corrected chi connectivity index (χ3v) is 2.99. The molecular formula is C17H22O4. The summed E-state index contributed by atoms with van der Waals surface area (Å²) in [6, 6.07) is 0. The van der Waals surface area contributed by atoms with Crippen molar-refractivity contribution in [3.63, 3.8) is 0 Å². The smallest absolute Gasteiger partial charge is 0.330 e. The summed E-state index contributed by atoms with van der Waals surface area (Å²) in [7, 11) is 0. The summed E-state index contributed by atoms with van der Waals surface area (Å²) in [5, 5.41) is 19.8. The Morgan fingerprint density at radius 1 is 1.62 bits per heavy atom. The maximum Gasteiger partial charge on any atom is 0.330 e. The third-order valence-electron chi connectivity index (χ3n) is 2.99. The minimum absolute atomic E-state index is 0.161. The number of carbonyl (C=O) groups excluding carboxylic acids is 1. The van der Waals surface area contributed by atoms with E-state index in [0.717, 1.165) is 0 Å². The number of rotatable bonds is 5. The van der Waals surface area contributed by atoms with Crippen molar-refractivity contribution in [1.29, 1.82) is 0 Å². The van der Waals surface area contributed by atoms with E-state index in [1.807, 2.05) is 0 Å². The van der Waals surface area contributed by atoms with E-state index in [-0.39, 0.29) is 23.7 Å². The molecule has 1 aliphatic rings. The SMILES string of the molecule is C=CCC#C[C@@H]1CC(O)=C[C@H]1[C@H](O)/C=C/C(=O)OC(C)C. The van der Waals surface area contributed by atoms with Crippen LogP contribution in [0.2, 0.25) is 0 Å². The lowest BCUT2D eigenvalue weighted by molar-refractivity contribution is -0.141. The molecule has 2 N–H and O–H groups in total. The van der Waals surface area contributed by atoms with Gasteiger partial charge in [0.05, 0.1) is 18.0 Å². The molecule has 0 spiro atoms. The number of carbonyl (C=O) groups is 1. The molecule has 1 aliphatic carbocycles. The second-order valence-corrected chi connectivity index (χ2v) is 5.20. The Morgan fingerprint density at radius 3 is 2.95 bits per heavy atom. The first-order chi connectivity index (χ1) is 9.93. The van der Waals surface area contributed by atoms with Crippen LogP contribution in [-0.4, -0.2) is 28.4 Å². The van der Waals surface area contributed by atoms with Crippen molar-refractivity contribution < 1.29 is 19.7 Å². The summed E-state index contributed by atoms with van der Waals surface area (Å²) in [5.41, 5.74) is 0. The van der Waals surface area contributed by atoms with E-state index in [2.05, 4.69) is 18.4 Å². The van der Waals surface area contributed by atoms with Crippen LogP contribution in [0.15, 0.2) is 36.6 Å². The van der Waals surface area contributed by atoms with Crippen LogP contribution in [0.4, 0.5) is 0 Å². The molecule has 0 aromatic heterocycles. The minimum atomic E-state index is -0.891. The zero-order valence-corrected chi connectivity index (χ0v) is 12.5. The number of esters is 1. The number of allylic oxidation sites excluding steroid dienone is 2. The number of hydrogen-bond acceptors (Lipinski definition) is 4. The predicted molar refractivity (Wildman–Crippen MR) is 81.3 cm³/mol. The van der Waals surface area contributed by atoms with Crippen LogP contribution in [0, 0.1) is 23.7 Å². The molecule has 3 atom stereocenters. The third kappa shape index (κ3) is 5.88. The molecule has 114 valence electrons. The van der Waals surface area contributed by atoms with Crippen molar-refractivity contribution in [2.75, 3.05) is 0 Å². The average Bonchev–Trinajstić information content (AvgIpc) is 2.77. The highest BCUT2D eigenvalue weighted by Gasteiger charge is 2.30. The fourth-order valence-electron chi connectivity index (χ4n) is 2.09. The van der Waals surface area contributed by atoms with Gasteiger partial charge in [-0.05, 0) is 26.0 Å². The zero-order valence-electron chi connectivity index (χ0n) is 12.5. The van der Waals surface area contributed by atoms with Crippen LogP contribution in [-0.2, 0) is 9.53 Å². The van der Waals surface area contributed by atoms with E-state index >= 15 is 0 Å². The fourth-order valence-corrected chi connectivity index (χ4v) is 2.09. The van der Waals surface area contributed by atoms with Gasteiger partial charge in [-0.25, -0.2) is 4.79 Å². The molecule has 0 saturated carbocycles. The van der Waals surface area contributed by atoms with Gasteiger partial charge in [0, 0.05) is 30.8 Å². The molecule has 0 aromatic rings. The fraction of sp³-hybridized carbons (Fsp3) is 0.471. The Balaban J connectivity index is 2.68. The van der Waals surface area contributed by atoms with Gasteiger partial charge in [-0.15, -0.1) is 6.58 Å². The number of ether oxygens (including phenoxy) is 1. The number of hydrogen-bond donors (Lipinski definition) is 2. The van der Waals surface area contributed by atoms with Crippen molar-refractivity contribution in [1.82, 2.24) is 0 Å². The van der Waals surface area contributed by atoms with E-state index in [9.17, 15) is 15.0 Å². The molecule has 0 fully saturated rings. The van der Waals surface area contributed by atoms with Crippen molar-refractivity contribution in [3.05, 3.63) is 36.6 Å². The van der Waals surface area contributed by atoms with Gasteiger partial charge in [-0.1, -0.05) is 17.9 Å². The Hall–Kier alpha value is -1.99. The summed E-state index contributed by atoms with van der Waals surface area (Å²) < 4.78 is 4.95. The Kier molecular flexibility index (Phi) is 6.77. The van der Waals surface area contributed by atoms with Gasteiger partial charge in [0.25, 0.3) is 0 Å². The molecule has 0 heterocycles. The van der Waals surface area contributed by atoms with Gasteiger partial charge in [-0.2, -0.15) is 0 Å². The molecule has 0 bridgehead atoms. The second kappa shape index (κ2) is 8.33. The molecule has 21 heavy (non-hydrogen) atoms. The maximum absolute atomic E-state index is 11.4. The van der Waals surface area contributed by atoms with Crippen molar-refractivity contribution >= 4 is 5.97 Å². The Bertz CT molecular complexity index is 491. The molecule has 0 aromatic carbocycles. The van der Waals surface area contributed by atoms with Gasteiger partial charge in [0.1, 0.15) is 0 Å². The highest BCUT2D eigenvalue weighted by Crippen LogP contribution is 2.31. The van der Waals surface area contributed by atoms with Crippen LogP contribution in [0.25, 0.3) is 0 Å². The highest BCUT2D eigenvalue weighted by atomic mass is 16.5. The lowest BCUT2D eigenvalue weighted by Gasteiger charge is -2.17. The van der Waals surface area contributed by atoms with E-state index in [4.69, 9.17) is 4.74 Å². The summed E-state index contributed by atoms with van der Waals surface area (Å²) in [5.74, 6) is 5.19. The van der Waals surface area contributed by atoms with Crippen LogP contribution >= 0.6 is 0 Å². The monoisotopic (exact) mass is 290 g/mol. The van der Waals surface area contributed by atoms with Crippen molar-refractivity contribution in [2.45, 2.75) is 38.9 Å². The molecule has 4 heteroatoms. The first kappa shape index (κ1) is 17.1. The second-order valence-electron chi connectivity index (χ2n) is 5.20. The summed E-state index contributed by atoms with van der Waals surface area (Å²) in [4.78, 5) is 11.4. The van der Waals surface area contributed by atoms with Gasteiger partial charge in [-0.3, -0.25) is 0 Å². The van der Waals surface area contributed by atoms with Gasteiger partial charge < -0.3 is 14.9 Å². The zero-order chi connectivity index (χ0) is 15.8. The first-order valence-electron chi connectivity index (χ1n) is 7.00. The lowest BCUT2D eigenvalue weighted by atomic mass is 9.90. The Labute approximate surface area is 125 Å². The Morgan fingerprint density at radius 2 is 2.33 bits per heavy atom. The topological polar surface area (TPSA) is 66.8 Å². The minimum Gasteiger partial charge on any atom is -0.513 e. The van der Waals surface area contributed by atoms with Crippen LogP contribution in [0.5, 0.6) is 0 Å². The van der Waals surface area contributed by atoms with E-state index < -0.39 is 12.1 Å². The molecule has 0 amide bonds. The van der Waals surface area contributed by atoms with Crippen LogP contribution in [0.3, 0.4) is 0 Å². The maximum atomic E-state index is 11.4. The molecule has 4 nitrogen and oxygen atoms in total. The van der Waals surface area contributed by atoms with Gasteiger partial charge in [0.2, 0.25) is 0 Å². The van der Waals surface area contributed by atoms with Crippen molar-refractivity contribution in [2.24, 2.45) is 11.8 Å². The largest absolute Gasteiger partial charge is 0.513 e. The molecule has 0 aliphatic heterocycles. The van der Waals surface area contributed by atoms with Crippen LogP contribution in [0.1, 0.15) is 26.7 Å². The van der Waals surface area contributed by atoms with E-state index in [1.54, 1.807) is 26.0 Å². The number of aliphatic hydroxyl groups is 2.